The Kier molecular flexibility index (Phi) is 4.54. The maximum absolute atomic E-state index is 12.7. The highest BCUT2D eigenvalue weighted by Gasteiger charge is 2.37. The fourth-order valence-electron chi connectivity index (χ4n) is 2.31. The van der Waals surface area contributed by atoms with Gasteiger partial charge in [0, 0.05) is 25.8 Å². The first kappa shape index (κ1) is 16.2. The largest absolute Gasteiger partial charge is 0.369 e. The zero-order chi connectivity index (χ0) is 15.7. The van der Waals surface area contributed by atoms with Crippen molar-refractivity contribution in [2.45, 2.75) is 24.3 Å². The summed E-state index contributed by atoms with van der Waals surface area (Å²) in [4.78, 5) is 4.11. The maximum Gasteiger partial charge on any atom is 0.246 e. The van der Waals surface area contributed by atoms with Gasteiger partial charge in [-0.2, -0.15) is 4.31 Å². The van der Waals surface area contributed by atoms with E-state index in [0.717, 1.165) is 4.31 Å². The highest BCUT2D eigenvalue weighted by atomic mass is 32.2. The van der Waals surface area contributed by atoms with Gasteiger partial charge in [-0.1, -0.05) is 0 Å². The van der Waals surface area contributed by atoms with E-state index >= 15 is 0 Å². The Hall–Kier alpha value is -1.19. The molecule has 1 unspecified atom stereocenters. The Morgan fingerprint density at radius 1 is 1.48 bits per heavy atom. The minimum atomic E-state index is -3.78. The van der Waals surface area contributed by atoms with E-state index in [0.29, 0.717) is 13.0 Å². The van der Waals surface area contributed by atoms with Crippen LogP contribution in [-0.2, 0) is 19.9 Å². The second-order valence-corrected chi connectivity index (χ2v) is 9.15. The topological polar surface area (TPSA) is 96.4 Å². The zero-order valence-corrected chi connectivity index (χ0v) is 13.6. The fourth-order valence-corrected chi connectivity index (χ4v) is 5.68. The first-order valence-corrected chi connectivity index (χ1v) is 9.91. The molecule has 9 heteroatoms. The lowest BCUT2D eigenvalue weighted by Crippen LogP contribution is -2.38. The number of hydrogen-bond acceptors (Lipinski definition) is 6. The van der Waals surface area contributed by atoms with Crippen LogP contribution < -0.4 is 5.32 Å². The summed E-state index contributed by atoms with van der Waals surface area (Å²) in [5.41, 5.74) is 0. The molecule has 0 bridgehead atoms. The van der Waals surface area contributed by atoms with E-state index in [-0.39, 0.29) is 22.2 Å². The van der Waals surface area contributed by atoms with Crippen LogP contribution in [0.3, 0.4) is 0 Å². The van der Waals surface area contributed by atoms with E-state index in [1.807, 2.05) is 6.92 Å². The normalized spacial score (nSPS) is 21.6. The molecular formula is C12H19N3O4S2. The van der Waals surface area contributed by atoms with Crippen LogP contribution in [-0.4, -0.2) is 57.3 Å². The highest BCUT2D eigenvalue weighted by Crippen LogP contribution is 2.26. The zero-order valence-electron chi connectivity index (χ0n) is 12.0. The van der Waals surface area contributed by atoms with Gasteiger partial charge in [-0.05, 0) is 25.5 Å². The molecule has 1 aliphatic rings. The molecule has 0 saturated carbocycles. The Morgan fingerprint density at radius 2 is 2.19 bits per heavy atom. The van der Waals surface area contributed by atoms with E-state index in [4.69, 9.17) is 0 Å². The van der Waals surface area contributed by atoms with Gasteiger partial charge in [0.05, 0.1) is 11.5 Å². The summed E-state index contributed by atoms with van der Waals surface area (Å²) in [5.74, 6) is 0.192. The number of sulfonamides is 1. The van der Waals surface area contributed by atoms with Crippen molar-refractivity contribution < 1.29 is 16.8 Å². The van der Waals surface area contributed by atoms with Crippen molar-refractivity contribution in [3.8, 4) is 0 Å². The van der Waals surface area contributed by atoms with Gasteiger partial charge >= 0.3 is 0 Å². The Morgan fingerprint density at radius 3 is 2.76 bits per heavy atom. The molecule has 1 aromatic heterocycles. The van der Waals surface area contributed by atoms with Crippen molar-refractivity contribution in [2.24, 2.45) is 0 Å². The second kappa shape index (κ2) is 5.90. The van der Waals surface area contributed by atoms with Crippen LogP contribution in [0.2, 0.25) is 0 Å². The van der Waals surface area contributed by atoms with Crippen LogP contribution in [0, 0.1) is 0 Å². The minimum Gasteiger partial charge on any atom is -0.369 e. The lowest BCUT2D eigenvalue weighted by Gasteiger charge is -2.23. The van der Waals surface area contributed by atoms with E-state index in [1.165, 1.54) is 19.3 Å². The summed E-state index contributed by atoms with van der Waals surface area (Å²) < 4.78 is 49.6. The number of nitrogens with one attached hydrogen (secondary N) is 1. The Balaban J connectivity index is 2.34. The standard InChI is InChI=1S/C12H19N3O4S2/c1-3-13-12-11(5-4-7-14-12)21(18,19)15(2)10-6-8-20(16,17)9-10/h4-5,7,10H,3,6,8-9H2,1-2H3,(H,13,14). The molecule has 21 heavy (non-hydrogen) atoms. The van der Waals surface area contributed by atoms with Crippen molar-refractivity contribution in [2.75, 3.05) is 30.4 Å². The lowest BCUT2D eigenvalue weighted by atomic mass is 10.3. The number of nitrogens with zero attached hydrogens (tertiary/aromatic N) is 2. The van der Waals surface area contributed by atoms with Crippen molar-refractivity contribution in [1.29, 1.82) is 0 Å². The predicted molar refractivity (Wildman–Crippen MR) is 80.4 cm³/mol. The molecule has 0 aromatic carbocycles. The molecule has 0 spiro atoms. The molecule has 2 rings (SSSR count). The Bertz CT molecular complexity index is 716. The molecule has 1 N–H and O–H groups in total. The first-order chi connectivity index (χ1) is 9.78. The van der Waals surface area contributed by atoms with Crippen molar-refractivity contribution in [3.05, 3.63) is 18.3 Å². The number of rotatable bonds is 5. The average Bonchev–Trinajstić information content (AvgIpc) is 2.79. The number of anilines is 1. The first-order valence-electron chi connectivity index (χ1n) is 6.65. The maximum atomic E-state index is 12.7. The van der Waals surface area contributed by atoms with E-state index in [9.17, 15) is 16.8 Å². The fraction of sp³-hybridized carbons (Fsp3) is 0.583. The third-order valence-corrected chi connectivity index (χ3v) is 7.19. The van der Waals surface area contributed by atoms with Crippen LogP contribution in [0.25, 0.3) is 0 Å². The number of sulfone groups is 1. The van der Waals surface area contributed by atoms with Crippen molar-refractivity contribution in [1.82, 2.24) is 9.29 Å². The molecule has 1 aliphatic heterocycles. The van der Waals surface area contributed by atoms with Crippen LogP contribution in [0.15, 0.2) is 23.2 Å². The summed E-state index contributed by atoms with van der Waals surface area (Å²) in [5, 5.41) is 2.91. The van der Waals surface area contributed by atoms with Crippen molar-refractivity contribution >= 4 is 25.7 Å². The third-order valence-electron chi connectivity index (χ3n) is 3.49. The predicted octanol–water partition coefficient (Wildman–Crippen LogP) is 0.321. The molecular weight excluding hydrogens is 314 g/mol. The van der Waals surface area contributed by atoms with Crippen LogP contribution in [0.5, 0.6) is 0 Å². The molecule has 118 valence electrons. The SMILES string of the molecule is CCNc1ncccc1S(=O)(=O)N(C)C1CCS(=O)(=O)C1. The van der Waals surface area contributed by atoms with Gasteiger partial charge in [-0.25, -0.2) is 21.8 Å². The lowest BCUT2D eigenvalue weighted by molar-refractivity contribution is 0.394. The van der Waals surface area contributed by atoms with Gasteiger partial charge in [0.25, 0.3) is 0 Å². The summed E-state index contributed by atoms with van der Waals surface area (Å²) in [6, 6.07) is 2.50. The molecule has 1 saturated heterocycles. The van der Waals surface area contributed by atoms with Gasteiger partial charge in [-0.3, -0.25) is 0 Å². The molecule has 2 heterocycles. The van der Waals surface area contributed by atoms with E-state index in [2.05, 4.69) is 10.3 Å². The van der Waals surface area contributed by atoms with Crippen LogP contribution in [0.1, 0.15) is 13.3 Å². The monoisotopic (exact) mass is 333 g/mol. The van der Waals surface area contributed by atoms with Gasteiger partial charge in [0.15, 0.2) is 9.84 Å². The van der Waals surface area contributed by atoms with Gasteiger partial charge in [-0.15, -0.1) is 0 Å². The molecule has 1 atom stereocenters. The highest BCUT2D eigenvalue weighted by molar-refractivity contribution is 7.92. The molecule has 1 fully saturated rings. The van der Waals surface area contributed by atoms with Gasteiger partial charge in [0.2, 0.25) is 10.0 Å². The van der Waals surface area contributed by atoms with Gasteiger partial charge < -0.3 is 5.32 Å². The summed E-state index contributed by atoms with van der Waals surface area (Å²) in [6.45, 7) is 2.39. The summed E-state index contributed by atoms with van der Waals surface area (Å²) in [6.07, 6.45) is 1.84. The Labute approximate surface area is 125 Å². The second-order valence-electron chi connectivity index (χ2n) is 4.96. The molecule has 0 radical (unpaired) electrons. The van der Waals surface area contributed by atoms with E-state index in [1.54, 1.807) is 6.07 Å². The van der Waals surface area contributed by atoms with E-state index < -0.39 is 25.9 Å². The molecule has 0 amide bonds. The van der Waals surface area contributed by atoms with Gasteiger partial charge in [0.1, 0.15) is 10.7 Å². The smallest absolute Gasteiger partial charge is 0.246 e. The number of hydrogen-bond donors (Lipinski definition) is 1. The summed E-state index contributed by atoms with van der Waals surface area (Å²) in [7, 11) is -5.50. The van der Waals surface area contributed by atoms with Crippen LogP contribution in [0.4, 0.5) is 5.82 Å². The third kappa shape index (κ3) is 3.35. The molecule has 0 aliphatic carbocycles. The molecule has 1 aromatic rings. The minimum absolute atomic E-state index is 0.0324. The summed E-state index contributed by atoms with van der Waals surface area (Å²) >= 11 is 0. The average molecular weight is 333 g/mol. The number of pyridine rings is 1. The quantitative estimate of drug-likeness (QED) is 0.834. The van der Waals surface area contributed by atoms with Crippen LogP contribution >= 0.6 is 0 Å². The molecule has 7 nitrogen and oxygen atoms in total. The number of aromatic nitrogens is 1. The van der Waals surface area contributed by atoms with Crippen molar-refractivity contribution in [3.63, 3.8) is 0 Å².